The molecule has 20 heavy (non-hydrogen) atoms. The minimum atomic E-state index is -0.765. The van der Waals surface area contributed by atoms with Gasteiger partial charge in [0.05, 0.1) is 6.54 Å². The van der Waals surface area contributed by atoms with Gasteiger partial charge in [0.25, 0.3) is 0 Å². The van der Waals surface area contributed by atoms with Crippen molar-refractivity contribution in [1.82, 2.24) is 15.2 Å². The van der Waals surface area contributed by atoms with Gasteiger partial charge in [0.15, 0.2) is 0 Å². The Bertz CT molecular complexity index is 483. The fraction of sp³-hybridized carbons (Fsp3) is 0.643. The number of nitrogens with zero attached hydrogens (tertiary/aromatic N) is 2. The Labute approximate surface area is 123 Å². The summed E-state index contributed by atoms with van der Waals surface area (Å²) in [5.41, 5.74) is -0.765. The lowest BCUT2D eigenvalue weighted by atomic mass is 9.91. The summed E-state index contributed by atoms with van der Waals surface area (Å²) < 4.78 is 0. The monoisotopic (exact) mass is 295 g/mol. The summed E-state index contributed by atoms with van der Waals surface area (Å²) in [7, 11) is 0. The Kier molecular flexibility index (Phi) is 4.42. The van der Waals surface area contributed by atoms with Gasteiger partial charge in [-0.2, -0.15) is 0 Å². The lowest BCUT2D eigenvalue weighted by Crippen LogP contribution is -2.56. The van der Waals surface area contributed by atoms with Crippen molar-refractivity contribution >= 4 is 23.2 Å². The van der Waals surface area contributed by atoms with Crippen molar-refractivity contribution in [3.05, 3.63) is 16.6 Å². The number of carbonyl (C=O) groups excluding carboxylic acids is 2. The van der Waals surface area contributed by atoms with E-state index in [1.54, 1.807) is 11.1 Å². The molecule has 1 aliphatic heterocycles. The number of nitrogens with one attached hydrogen (secondary N) is 1. The molecule has 0 spiro atoms. The molecular formula is C14H21N3O2S. The molecule has 2 heterocycles. The average Bonchev–Trinajstić information content (AvgIpc) is 2.91. The second-order valence-corrected chi connectivity index (χ2v) is 6.23. The van der Waals surface area contributed by atoms with Gasteiger partial charge >= 0.3 is 0 Å². The van der Waals surface area contributed by atoms with Crippen molar-refractivity contribution in [1.29, 1.82) is 0 Å². The van der Waals surface area contributed by atoms with E-state index >= 15 is 0 Å². The van der Waals surface area contributed by atoms with E-state index in [4.69, 9.17) is 0 Å². The average molecular weight is 295 g/mol. The summed E-state index contributed by atoms with van der Waals surface area (Å²) in [6.45, 7) is 6.29. The lowest BCUT2D eigenvalue weighted by molar-refractivity contribution is -0.141. The summed E-state index contributed by atoms with van der Waals surface area (Å²) in [6.07, 6.45) is 3.30. The number of carbonyl (C=O) groups is 2. The molecule has 1 N–H and O–H groups in total. The lowest BCUT2D eigenvalue weighted by Gasteiger charge is -2.35. The van der Waals surface area contributed by atoms with E-state index in [0.717, 1.165) is 5.01 Å². The van der Waals surface area contributed by atoms with Gasteiger partial charge in [-0.1, -0.05) is 13.8 Å². The number of thiazole rings is 1. The van der Waals surface area contributed by atoms with Crippen LogP contribution in [-0.2, 0) is 16.1 Å². The van der Waals surface area contributed by atoms with Crippen LogP contribution >= 0.6 is 11.3 Å². The van der Waals surface area contributed by atoms with E-state index in [-0.39, 0.29) is 17.9 Å². The second kappa shape index (κ2) is 5.91. The van der Waals surface area contributed by atoms with Gasteiger partial charge < -0.3 is 10.2 Å². The molecule has 1 aromatic heterocycles. The van der Waals surface area contributed by atoms with Crippen LogP contribution in [0.5, 0.6) is 0 Å². The van der Waals surface area contributed by atoms with Gasteiger partial charge in [0.2, 0.25) is 11.8 Å². The molecule has 2 rings (SSSR count). The zero-order valence-electron chi connectivity index (χ0n) is 12.2. The Morgan fingerprint density at radius 3 is 2.70 bits per heavy atom. The highest BCUT2D eigenvalue weighted by Gasteiger charge is 2.44. The maximum absolute atomic E-state index is 12.9. The first kappa shape index (κ1) is 15.0. The quantitative estimate of drug-likeness (QED) is 0.923. The smallest absolute Gasteiger partial charge is 0.248 e. The number of hydrogen-bond donors (Lipinski definition) is 1. The van der Waals surface area contributed by atoms with Crippen molar-refractivity contribution in [2.75, 3.05) is 0 Å². The Balaban J connectivity index is 2.32. The normalized spacial score (nSPS) is 22.6. The first-order valence-corrected chi connectivity index (χ1v) is 7.90. The molecule has 5 nitrogen and oxygen atoms in total. The highest BCUT2D eigenvalue weighted by molar-refractivity contribution is 7.09. The number of rotatable bonds is 4. The fourth-order valence-electron chi connectivity index (χ4n) is 2.66. The van der Waals surface area contributed by atoms with Gasteiger partial charge in [-0.05, 0) is 19.8 Å². The second-order valence-electron chi connectivity index (χ2n) is 5.25. The minimum absolute atomic E-state index is 0.0102. The van der Waals surface area contributed by atoms with E-state index < -0.39 is 5.54 Å². The van der Waals surface area contributed by atoms with E-state index in [1.165, 1.54) is 11.3 Å². The molecular weight excluding hydrogens is 274 g/mol. The highest BCUT2D eigenvalue weighted by Crippen LogP contribution is 2.26. The van der Waals surface area contributed by atoms with Crippen molar-refractivity contribution in [2.24, 2.45) is 0 Å². The Morgan fingerprint density at radius 1 is 1.45 bits per heavy atom. The molecule has 1 unspecified atom stereocenters. The van der Waals surface area contributed by atoms with Crippen LogP contribution in [0, 0.1) is 0 Å². The van der Waals surface area contributed by atoms with Gasteiger partial charge in [-0.3, -0.25) is 9.59 Å². The van der Waals surface area contributed by atoms with Gasteiger partial charge in [0.1, 0.15) is 10.5 Å². The summed E-state index contributed by atoms with van der Waals surface area (Å²) >= 11 is 1.53. The molecule has 110 valence electrons. The number of hydrogen-bond acceptors (Lipinski definition) is 4. The summed E-state index contributed by atoms with van der Waals surface area (Å²) in [6, 6.07) is -0.105. The van der Waals surface area contributed by atoms with Crippen molar-refractivity contribution < 1.29 is 9.59 Å². The molecule has 1 aliphatic rings. The minimum Gasteiger partial charge on any atom is -0.342 e. The molecule has 2 amide bonds. The third-order valence-electron chi connectivity index (χ3n) is 4.06. The highest BCUT2D eigenvalue weighted by atomic mass is 32.1. The zero-order chi connectivity index (χ0) is 14.8. The van der Waals surface area contributed by atoms with Crippen molar-refractivity contribution in [2.45, 2.75) is 58.2 Å². The van der Waals surface area contributed by atoms with Crippen LogP contribution in [-0.4, -0.2) is 33.3 Å². The van der Waals surface area contributed by atoms with Gasteiger partial charge in [0, 0.05) is 24.0 Å². The predicted molar refractivity (Wildman–Crippen MR) is 78.2 cm³/mol. The van der Waals surface area contributed by atoms with Crippen LogP contribution in [0.1, 0.15) is 45.0 Å². The summed E-state index contributed by atoms with van der Waals surface area (Å²) in [4.78, 5) is 31.0. The molecule has 1 atom stereocenters. The van der Waals surface area contributed by atoms with Crippen molar-refractivity contribution in [3.8, 4) is 0 Å². The predicted octanol–water partition coefficient (Wildman–Crippen LogP) is 1.94. The van der Waals surface area contributed by atoms with E-state index in [2.05, 4.69) is 10.3 Å². The molecule has 0 aromatic carbocycles. The topological polar surface area (TPSA) is 62.3 Å². The first-order chi connectivity index (χ1) is 9.52. The van der Waals surface area contributed by atoms with E-state index in [1.807, 2.05) is 26.2 Å². The SMILES string of the molecule is CCC1(CC)NC(=O)CC(C)N(Cc2nccs2)C1=O. The molecule has 6 heteroatoms. The molecule has 1 saturated heterocycles. The van der Waals surface area contributed by atoms with Gasteiger partial charge in [-0.25, -0.2) is 4.98 Å². The van der Waals surface area contributed by atoms with Crippen LogP contribution in [0.15, 0.2) is 11.6 Å². The molecule has 0 saturated carbocycles. The molecule has 1 aromatic rings. The Hall–Kier alpha value is -1.43. The number of aromatic nitrogens is 1. The maximum atomic E-state index is 12.9. The summed E-state index contributed by atoms with van der Waals surface area (Å²) in [5, 5.41) is 5.74. The van der Waals surface area contributed by atoms with E-state index in [0.29, 0.717) is 25.8 Å². The fourth-order valence-corrected chi connectivity index (χ4v) is 3.27. The van der Waals surface area contributed by atoms with Crippen LogP contribution in [0.2, 0.25) is 0 Å². The van der Waals surface area contributed by atoms with Crippen molar-refractivity contribution in [3.63, 3.8) is 0 Å². The zero-order valence-corrected chi connectivity index (χ0v) is 13.0. The third-order valence-corrected chi connectivity index (χ3v) is 4.82. The van der Waals surface area contributed by atoms with Crippen LogP contribution in [0.25, 0.3) is 0 Å². The third kappa shape index (κ3) is 2.70. The maximum Gasteiger partial charge on any atom is 0.248 e. The van der Waals surface area contributed by atoms with Gasteiger partial charge in [-0.15, -0.1) is 11.3 Å². The van der Waals surface area contributed by atoms with Crippen LogP contribution in [0.4, 0.5) is 0 Å². The molecule has 0 aliphatic carbocycles. The van der Waals surface area contributed by atoms with E-state index in [9.17, 15) is 9.59 Å². The molecule has 0 bridgehead atoms. The number of amides is 2. The Morgan fingerprint density at radius 2 is 2.15 bits per heavy atom. The standard InChI is InChI=1S/C14H21N3O2S/c1-4-14(5-2)13(19)17(9-12-15-6-7-20-12)10(3)8-11(18)16-14/h6-7,10H,4-5,8-9H2,1-3H3,(H,16,18). The largest absolute Gasteiger partial charge is 0.342 e. The molecule has 1 fully saturated rings. The summed E-state index contributed by atoms with van der Waals surface area (Å²) in [5.74, 6) is -0.0350. The van der Waals surface area contributed by atoms with Crippen LogP contribution < -0.4 is 5.32 Å². The van der Waals surface area contributed by atoms with Crippen LogP contribution in [0.3, 0.4) is 0 Å². The molecule has 0 radical (unpaired) electrons. The first-order valence-electron chi connectivity index (χ1n) is 7.03.